The average molecular weight is 89.1 g/mol. The number of hydrogen-bond acceptors (Lipinski definition) is 0. The Morgan fingerprint density at radius 2 is 2.33 bits per heavy atom. The van der Waals surface area contributed by atoms with Crippen LogP contribution in [0.4, 0.5) is 8.78 Å². The molecule has 0 aliphatic carbocycles. The molecular weight excluding hydrogens is 86.0 g/mol. The number of hydrogen-bond donors (Lipinski definition) is 0. The Labute approximate surface area is 35.2 Å². The quantitative estimate of drug-likeness (QED) is 0.422. The summed E-state index contributed by atoms with van der Waals surface area (Å²) in [6, 6.07) is 0. The van der Waals surface area contributed by atoms with E-state index in [1.165, 1.54) is 5.92 Å². The molecule has 6 heavy (non-hydrogen) atoms. The van der Waals surface area contributed by atoms with Gasteiger partial charge in [0, 0.05) is 0 Å². The van der Waals surface area contributed by atoms with Crippen LogP contribution in [-0.4, -0.2) is 6.17 Å². The second-order valence-corrected chi connectivity index (χ2v) is 0.694. The van der Waals surface area contributed by atoms with Gasteiger partial charge in [-0.2, -0.15) is 0 Å². The molecule has 0 N–H and O–H groups in total. The second kappa shape index (κ2) is 2.65. The minimum Gasteiger partial charge on any atom is -0.240 e. The van der Waals surface area contributed by atoms with Crippen molar-refractivity contribution in [2.24, 2.45) is 0 Å². The fourth-order valence-corrected chi connectivity index (χ4v) is 0.0364. The largest absolute Gasteiger partial charge is 0.240 e. The van der Waals surface area contributed by atoms with Crippen molar-refractivity contribution in [1.29, 1.82) is 0 Å². The van der Waals surface area contributed by atoms with E-state index < -0.39 is 6.17 Å². The predicted octanol–water partition coefficient (Wildman–Crippen LogP) is 1.09. The van der Waals surface area contributed by atoms with Crippen molar-refractivity contribution in [1.82, 2.24) is 0 Å². The minimum atomic E-state index is -1.83. The highest BCUT2D eigenvalue weighted by molar-refractivity contribution is 4.97. The number of terminal acetylenes is 1. The molecule has 1 radical (unpaired) electrons. The molecule has 0 aliphatic heterocycles. The zero-order valence-electron chi connectivity index (χ0n) is 2.99. The van der Waals surface area contributed by atoms with Gasteiger partial charge in [-0.05, 0) is 0 Å². The Kier molecular flexibility index (Phi) is 2.39. The van der Waals surface area contributed by atoms with E-state index >= 15 is 0 Å². The summed E-state index contributed by atoms with van der Waals surface area (Å²) in [6.45, 7) is -0.181. The summed E-state index contributed by atoms with van der Waals surface area (Å²) in [4.78, 5) is 0. The van der Waals surface area contributed by atoms with Gasteiger partial charge in [-0.25, -0.2) is 8.78 Å². The molecule has 0 saturated heterocycles. The van der Waals surface area contributed by atoms with E-state index in [4.69, 9.17) is 0 Å². The third-order valence-corrected chi connectivity index (χ3v) is 0.270. The van der Waals surface area contributed by atoms with Gasteiger partial charge in [0.2, 0.25) is 0 Å². The molecule has 0 heterocycles. The van der Waals surface area contributed by atoms with E-state index in [1.807, 2.05) is 0 Å². The summed E-state index contributed by atoms with van der Waals surface area (Å²) < 4.78 is 21.9. The van der Waals surface area contributed by atoms with Crippen LogP contribution in [0.25, 0.3) is 0 Å². The minimum absolute atomic E-state index is 0.181. The van der Waals surface area contributed by atoms with Crippen LogP contribution in [0, 0.1) is 19.0 Å². The van der Waals surface area contributed by atoms with Crippen molar-refractivity contribution in [2.75, 3.05) is 0 Å². The summed E-state index contributed by atoms with van der Waals surface area (Å²) in [5.41, 5.74) is 0. The third kappa shape index (κ3) is 1.71. The summed E-state index contributed by atoms with van der Waals surface area (Å²) >= 11 is 0. The van der Waals surface area contributed by atoms with Crippen molar-refractivity contribution >= 4 is 0 Å². The molecule has 0 amide bonds. The lowest BCUT2D eigenvalue weighted by Gasteiger charge is -1.82. The molecule has 0 aromatic heterocycles. The summed E-state index contributed by atoms with van der Waals surface area (Å²) in [6.07, 6.45) is 2.56. The molecule has 0 nitrogen and oxygen atoms in total. The van der Waals surface area contributed by atoms with Crippen LogP contribution in [-0.2, 0) is 0 Å². The van der Waals surface area contributed by atoms with Crippen LogP contribution < -0.4 is 0 Å². The Balaban J connectivity index is 3.04. The fraction of sp³-hybridized carbons (Fsp3) is 0.250. The van der Waals surface area contributed by atoms with E-state index in [1.54, 1.807) is 0 Å². The SMILES string of the molecule is C#CC(F)[CH]F. The van der Waals surface area contributed by atoms with Crippen LogP contribution in [0.5, 0.6) is 0 Å². The summed E-state index contributed by atoms with van der Waals surface area (Å²) in [7, 11) is 0. The van der Waals surface area contributed by atoms with E-state index in [2.05, 4.69) is 6.42 Å². The van der Waals surface area contributed by atoms with Gasteiger partial charge in [-0.15, -0.1) is 6.42 Å². The first-order valence-corrected chi connectivity index (χ1v) is 1.35. The molecule has 0 aliphatic rings. The zero-order chi connectivity index (χ0) is 4.99. The highest BCUT2D eigenvalue weighted by Gasteiger charge is 1.95. The monoisotopic (exact) mass is 89.0 g/mol. The number of rotatable bonds is 1. The molecule has 0 bridgehead atoms. The molecule has 0 saturated carbocycles. The molecule has 1 atom stereocenters. The van der Waals surface area contributed by atoms with Crippen molar-refractivity contribution in [2.45, 2.75) is 6.17 Å². The van der Waals surface area contributed by atoms with Crippen LogP contribution in [0.1, 0.15) is 0 Å². The maximum absolute atomic E-state index is 11.2. The zero-order valence-corrected chi connectivity index (χ0v) is 2.99. The lowest BCUT2D eigenvalue weighted by molar-refractivity contribution is 0.383. The lowest BCUT2D eigenvalue weighted by atomic mass is 10.5. The topological polar surface area (TPSA) is 0 Å². The van der Waals surface area contributed by atoms with E-state index in [9.17, 15) is 8.78 Å². The van der Waals surface area contributed by atoms with Gasteiger partial charge in [0.05, 0.1) is 0 Å². The Morgan fingerprint density at radius 1 is 1.83 bits per heavy atom. The Morgan fingerprint density at radius 3 is 2.33 bits per heavy atom. The molecule has 2 heteroatoms. The first kappa shape index (κ1) is 5.42. The van der Waals surface area contributed by atoms with Gasteiger partial charge >= 0.3 is 0 Å². The maximum atomic E-state index is 11.2. The van der Waals surface area contributed by atoms with Crippen molar-refractivity contribution in [3.63, 3.8) is 0 Å². The first-order valence-electron chi connectivity index (χ1n) is 1.35. The molecule has 0 aromatic rings. The third-order valence-electron chi connectivity index (χ3n) is 0.270. The predicted molar refractivity (Wildman–Crippen MR) is 19.1 cm³/mol. The highest BCUT2D eigenvalue weighted by Crippen LogP contribution is 1.91. The lowest BCUT2D eigenvalue weighted by Crippen LogP contribution is -1.88. The van der Waals surface area contributed by atoms with Crippen molar-refractivity contribution in [3.8, 4) is 12.3 Å². The first-order chi connectivity index (χ1) is 2.81. The molecule has 0 spiro atoms. The normalized spacial score (nSPS) is 12.8. The van der Waals surface area contributed by atoms with Gasteiger partial charge in [0.15, 0.2) is 12.8 Å². The summed E-state index contributed by atoms with van der Waals surface area (Å²) in [5.74, 6) is 1.52. The van der Waals surface area contributed by atoms with Crippen LogP contribution >= 0.6 is 0 Å². The van der Waals surface area contributed by atoms with Crippen molar-refractivity contribution in [3.05, 3.63) is 6.67 Å². The Bertz CT molecular complexity index is 62.4. The Hall–Kier alpha value is -0.580. The molecule has 0 fully saturated rings. The van der Waals surface area contributed by atoms with E-state index in [0.717, 1.165) is 0 Å². The fourth-order valence-electron chi connectivity index (χ4n) is 0.0364. The van der Waals surface area contributed by atoms with E-state index in [0.29, 0.717) is 0 Å². The second-order valence-electron chi connectivity index (χ2n) is 0.694. The van der Waals surface area contributed by atoms with E-state index in [-0.39, 0.29) is 6.67 Å². The van der Waals surface area contributed by atoms with Gasteiger partial charge in [0.25, 0.3) is 0 Å². The average Bonchev–Trinajstić information content (AvgIpc) is 1.65. The maximum Gasteiger partial charge on any atom is 0.194 e. The molecule has 0 rings (SSSR count). The van der Waals surface area contributed by atoms with Crippen LogP contribution in [0.2, 0.25) is 0 Å². The standard InChI is InChI=1S/C4H3F2/c1-2-4(6)3-5/h1,3-4H. The molecule has 33 valence electrons. The van der Waals surface area contributed by atoms with Gasteiger partial charge in [-0.3, -0.25) is 0 Å². The molecule has 0 aromatic carbocycles. The highest BCUT2D eigenvalue weighted by atomic mass is 19.2. The van der Waals surface area contributed by atoms with Gasteiger partial charge < -0.3 is 0 Å². The molecular formula is C4H3F2. The van der Waals surface area contributed by atoms with Crippen LogP contribution in [0.15, 0.2) is 0 Å². The smallest absolute Gasteiger partial charge is 0.194 e. The summed E-state index contributed by atoms with van der Waals surface area (Å²) in [5, 5.41) is 0. The van der Waals surface area contributed by atoms with Crippen LogP contribution in [0.3, 0.4) is 0 Å². The molecule has 1 unspecified atom stereocenters. The van der Waals surface area contributed by atoms with Crippen molar-refractivity contribution < 1.29 is 8.78 Å². The van der Waals surface area contributed by atoms with Gasteiger partial charge in [-0.1, -0.05) is 5.92 Å². The number of halogens is 2. The number of alkyl halides is 1. The van der Waals surface area contributed by atoms with Gasteiger partial charge in [0.1, 0.15) is 0 Å².